The molecule has 0 bridgehead atoms. The van der Waals surface area contributed by atoms with Crippen molar-refractivity contribution in [2.75, 3.05) is 0 Å². The second-order valence-electron chi connectivity index (χ2n) is 7.94. The summed E-state index contributed by atoms with van der Waals surface area (Å²) in [5, 5.41) is 0. The lowest BCUT2D eigenvalue weighted by Crippen LogP contribution is -2.46. The van der Waals surface area contributed by atoms with Crippen LogP contribution in [0, 0.1) is 11.8 Å². The van der Waals surface area contributed by atoms with E-state index < -0.39 is 16.9 Å². The topological polar surface area (TPSA) is 42.0 Å². The summed E-state index contributed by atoms with van der Waals surface area (Å²) >= 11 is 0. The van der Waals surface area contributed by atoms with Gasteiger partial charge in [-0.05, 0) is 70.3 Å². The SMILES string of the molecule is CC(C[Si](C)(C)O[Si](C)(C)O)C1CCC2(C)OC2C1. The highest BCUT2D eigenvalue weighted by Crippen LogP contribution is 2.51. The second kappa shape index (κ2) is 4.95. The molecule has 4 atom stereocenters. The molecule has 3 nitrogen and oxygen atoms in total. The molecule has 1 heterocycles. The van der Waals surface area contributed by atoms with Gasteiger partial charge in [0.05, 0.1) is 11.7 Å². The number of hydrogen-bond acceptors (Lipinski definition) is 3. The molecule has 1 saturated carbocycles. The van der Waals surface area contributed by atoms with E-state index in [2.05, 4.69) is 26.9 Å². The Morgan fingerprint density at radius 2 is 2.00 bits per heavy atom. The average molecular weight is 303 g/mol. The summed E-state index contributed by atoms with van der Waals surface area (Å²) in [7, 11) is -4.13. The van der Waals surface area contributed by atoms with Crippen molar-refractivity contribution < 1.29 is 13.6 Å². The van der Waals surface area contributed by atoms with Gasteiger partial charge in [-0.3, -0.25) is 0 Å². The molecule has 2 aliphatic rings. The third-order valence-corrected chi connectivity index (χ3v) is 10.5. The summed E-state index contributed by atoms with van der Waals surface area (Å²) < 4.78 is 11.8. The van der Waals surface area contributed by atoms with Crippen molar-refractivity contribution in [1.29, 1.82) is 0 Å². The Morgan fingerprint density at radius 1 is 1.37 bits per heavy atom. The zero-order valence-electron chi connectivity index (χ0n) is 13.3. The maximum absolute atomic E-state index is 9.99. The van der Waals surface area contributed by atoms with Crippen molar-refractivity contribution in [3.05, 3.63) is 0 Å². The summed E-state index contributed by atoms with van der Waals surface area (Å²) in [5.74, 6) is 1.46. The van der Waals surface area contributed by atoms with Gasteiger partial charge in [0.1, 0.15) is 0 Å². The standard InChI is InChI=1S/C14H30O3Si2/c1-11(10-18(3,4)17-19(5,6)15)12-7-8-14(2)13(9-12)16-14/h11-13,15H,7-10H2,1-6H3. The van der Waals surface area contributed by atoms with Gasteiger partial charge in [-0.15, -0.1) is 0 Å². The van der Waals surface area contributed by atoms with Crippen molar-refractivity contribution >= 4 is 16.9 Å². The van der Waals surface area contributed by atoms with E-state index in [1.165, 1.54) is 19.3 Å². The Labute approximate surface area is 120 Å². The number of hydrogen-bond donors (Lipinski definition) is 1. The monoisotopic (exact) mass is 302 g/mol. The summed E-state index contributed by atoms with van der Waals surface area (Å²) in [6.45, 7) is 12.8. The highest BCUT2D eigenvalue weighted by Gasteiger charge is 2.55. The van der Waals surface area contributed by atoms with Crippen LogP contribution >= 0.6 is 0 Å². The lowest BCUT2D eigenvalue weighted by atomic mass is 9.77. The fourth-order valence-electron chi connectivity index (χ4n) is 3.85. The van der Waals surface area contributed by atoms with E-state index in [0.29, 0.717) is 12.0 Å². The van der Waals surface area contributed by atoms with E-state index in [4.69, 9.17) is 8.85 Å². The van der Waals surface area contributed by atoms with Gasteiger partial charge < -0.3 is 13.6 Å². The number of rotatable bonds is 5. The molecule has 0 spiro atoms. The van der Waals surface area contributed by atoms with Crippen LogP contribution in [0.5, 0.6) is 0 Å². The molecule has 0 aromatic carbocycles. The predicted octanol–water partition coefficient (Wildman–Crippen LogP) is 3.50. The van der Waals surface area contributed by atoms with Crippen LogP contribution in [0.3, 0.4) is 0 Å². The molecular formula is C14H30O3Si2. The van der Waals surface area contributed by atoms with Crippen LogP contribution in [0.4, 0.5) is 0 Å². The van der Waals surface area contributed by atoms with Crippen LogP contribution in [-0.2, 0) is 8.85 Å². The summed E-state index contributed by atoms with van der Waals surface area (Å²) in [5.41, 5.74) is 0.222. The van der Waals surface area contributed by atoms with Gasteiger partial charge in [-0.25, -0.2) is 0 Å². The Balaban J connectivity index is 1.85. The Kier molecular flexibility index (Phi) is 4.09. The number of ether oxygens (including phenoxy) is 1. The first-order chi connectivity index (χ1) is 8.51. The van der Waals surface area contributed by atoms with Gasteiger partial charge in [-0.2, -0.15) is 0 Å². The van der Waals surface area contributed by atoms with E-state index >= 15 is 0 Å². The molecule has 1 N–H and O–H groups in total. The van der Waals surface area contributed by atoms with Crippen LogP contribution < -0.4 is 0 Å². The predicted molar refractivity (Wildman–Crippen MR) is 82.9 cm³/mol. The average Bonchev–Trinajstić information content (AvgIpc) is 2.83. The van der Waals surface area contributed by atoms with E-state index in [9.17, 15) is 4.80 Å². The van der Waals surface area contributed by atoms with Gasteiger partial charge in [0, 0.05) is 0 Å². The largest absolute Gasteiger partial charge is 0.436 e. The van der Waals surface area contributed by atoms with E-state index in [1.807, 2.05) is 13.1 Å². The van der Waals surface area contributed by atoms with E-state index in [0.717, 1.165) is 12.0 Å². The first kappa shape index (κ1) is 15.7. The van der Waals surface area contributed by atoms with E-state index in [-0.39, 0.29) is 5.60 Å². The molecular weight excluding hydrogens is 272 g/mol. The van der Waals surface area contributed by atoms with Crippen molar-refractivity contribution in [3.8, 4) is 0 Å². The first-order valence-electron chi connectivity index (χ1n) is 7.61. The van der Waals surface area contributed by atoms with Crippen LogP contribution in [0.2, 0.25) is 32.2 Å². The Hall–Kier alpha value is 0.314. The van der Waals surface area contributed by atoms with Crippen molar-refractivity contribution in [1.82, 2.24) is 0 Å². The zero-order chi connectivity index (χ0) is 14.5. The smallest absolute Gasteiger partial charge is 0.318 e. The van der Waals surface area contributed by atoms with Crippen LogP contribution in [0.1, 0.15) is 33.1 Å². The Morgan fingerprint density at radius 3 is 2.53 bits per heavy atom. The molecule has 0 amide bonds. The van der Waals surface area contributed by atoms with Crippen molar-refractivity contribution in [2.24, 2.45) is 11.8 Å². The van der Waals surface area contributed by atoms with Gasteiger partial charge in [-0.1, -0.05) is 6.92 Å². The van der Waals surface area contributed by atoms with Crippen LogP contribution in [-0.4, -0.2) is 33.4 Å². The molecule has 0 radical (unpaired) electrons. The third-order valence-electron chi connectivity index (χ3n) is 4.71. The minimum absolute atomic E-state index is 0.222. The lowest BCUT2D eigenvalue weighted by Gasteiger charge is -2.35. The number of epoxide rings is 1. The highest BCUT2D eigenvalue weighted by atomic mass is 28.4. The molecule has 1 aliphatic carbocycles. The van der Waals surface area contributed by atoms with Gasteiger partial charge in [0.2, 0.25) is 0 Å². The first-order valence-corrected chi connectivity index (χ1v) is 13.6. The lowest BCUT2D eigenvalue weighted by molar-refractivity contribution is 0.269. The van der Waals surface area contributed by atoms with Crippen LogP contribution in [0.15, 0.2) is 0 Å². The minimum atomic E-state index is -2.39. The van der Waals surface area contributed by atoms with Crippen LogP contribution in [0.25, 0.3) is 0 Å². The maximum Gasteiger partial charge on any atom is 0.318 e. The minimum Gasteiger partial charge on any atom is -0.436 e. The zero-order valence-corrected chi connectivity index (χ0v) is 15.3. The highest BCUT2D eigenvalue weighted by molar-refractivity contribution is 6.81. The molecule has 0 aromatic rings. The molecule has 2 fully saturated rings. The Bertz CT molecular complexity index is 340. The fraction of sp³-hybridized carbons (Fsp3) is 1.00. The molecule has 19 heavy (non-hydrogen) atoms. The van der Waals surface area contributed by atoms with Crippen molar-refractivity contribution in [2.45, 2.75) is 77.0 Å². The molecule has 112 valence electrons. The van der Waals surface area contributed by atoms with Gasteiger partial charge >= 0.3 is 8.56 Å². The molecule has 0 aromatic heterocycles. The molecule has 4 unspecified atom stereocenters. The second-order valence-corrected chi connectivity index (χ2v) is 15.6. The summed E-state index contributed by atoms with van der Waals surface area (Å²) in [4.78, 5) is 9.99. The van der Waals surface area contributed by atoms with Gasteiger partial charge in [0.25, 0.3) is 0 Å². The molecule has 1 saturated heterocycles. The normalized spacial score (nSPS) is 36.8. The molecule has 5 heteroatoms. The van der Waals surface area contributed by atoms with E-state index in [1.54, 1.807) is 0 Å². The number of fused-ring (bicyclic) bond motifs is 1. The molecule has 1 aliphatic heterocycles. The maximum atomic E-state index is 9.99. The third kappa shape index (κ3) is 4.14. The summed E-state index contributed by atoms with van der Waals surface area (Å²) in [6.07, 6.45) is 4.25. The fourth-order valence-corrected chi connectivity index (χ4v) is 11.5. The summed E-state index contributed by atoms with van der Waals surface area (Å²) in [6, 6.07) is 1.15. The van der Waals surface area contributed by atoms with Crippen molar-refractivity contribution in [3.63, 3.8) is 0 Å². The quantitative estimate of drug-likeness (QED) is 0.624. The molecule has 2 rings (SSSR count). The van der Waals surface area contributed by atoms with Gasteiger partial charge in [0.15, 0.2) is 8.32 Å².